The first-order valence-electron chi connectivity index (χ1n) is 6.48. The molecule has 3 N–H and O–H groups in total. The zero-order valence-corrected chi connectivity index (χ0v) is 12.4. The smallest absolute Gasteiger partial charge is 0.261 e. The number of ether oxygens (including phenoxy) is 1. The number of benzene rings is 1. The lowest BCUT2D eigenvalue weighted by Crippen LogP contribution is -2.13. The molecule has 0 amide bonds. The van der Waals surface area contributed by atoms with Crippen LogP contribution in [0.5, 0.6) is 5.75 Å². The first-order chi connectivity index (χ1) is 10.0. The van der Waals surface area contributed by atoms with Crippen molar-refractivity contribution >= 4 is 21.5 Å². The van der Waals surface area contributed by atoms with Crippen LogP contribution in [0, 0.1) is 0 Å². The van der Waals surface area contributed by atoms with Crippen LogP contribution in [0.3, 0.4) is 0 Å². The van der Waals surface area contributed by atoms with Crippen LogP contribution in [-0.4, -0.2) is 20.0 Å². The van der Waals surface area contributed by atoms with Crippen molar-refractivity contribution in [2.24, 2.45) is 0 Å². The summed E-state index contributed by atoms with van der Waals surface area (Å²) in [5.41, 5.74) is 5.81. The SMILES string of the molecule is CCCOc1ccc(S(=O)(=O)Nc2ccc(N)nc2)cc1. The van der Waals surface area contributed by atoms with Crippen LogP contribution < -0.4 is 15.2 Å². The molecule has 7 heteroatoms. The number of hydrogen-bond acceptors (Lipinski definition) is 5. The Balaban J connectivity index is 2.13. The summed E-state index contributed by atoms with van der Waals surface area (Å²) in [6, 6.07) is 9.34. The van der Waals surface area contributed by atoms with Gasteiger partial charge in [0, 0.05) is 0 Å². The van der Waals surface area contributed by atoms with E-state index in [1.807, 2.05) is 6.92 Å². The highest BCUT2D eigenvalue weighted by molar-refractivity contribution is 7.92. The number of anilines is 2. The van der Waals surface area contributed by atoms with E-state index in [0.29, 0.717) is 23.9 Å². The van der Waals surface area contributed by atoms with E-state index in [1.165, 1.54) is 24.4 Å². The molecule has 1 aromatic carbocycles. The van der Waals surface area contributed by atoms with Gasteiger partial charge in [-0.05, 0) is 42.8 Å². The first kappa shape index (κ1) is 15.1. The van der Waals surface area contributed by atoms with Crippen molar-refractivity contribution in [3.63, 3.8) is 0 Å². The van der Waals surface area contributed by atoms with Gasteiger partial charge in [0.25, 0.3) is 10.0 Å². The number of rotatable bonds is 6. The van der Waals surface area contributed by atoms with Gasteiger partial charge >= 0.3 is 0 Å². The van der Waals surface area contributed by atoms with Gasteiger partial charge in [0.1, 0.15) is 11.6 Å². The monoisotopic (exact) mass is 307 g/mol. The molecule has 0 radical (unpaired) electrons. The van der Waals surface area contributed by atoms with Gasteiger partial charge < -0.3 is 10.5 Å². The Labute approximate surface area is 124 Å². The van der Waals surface area contributed by atoms with Crippen molar-refractivity contribution in [1.82, 2.24) is 4.98 Å². The molecule has 1 heterocycles. The van der Waals surface area contributed by atoms with Gasteiger partial charge in [-0.1, -0.05) is 6.92 Å². The minimum Gasteiger partial charge on any atom is -0.494 e. The third-order valence-corrected chi connectivity index (χ3v) is 4.04. The predicted octanol–water partition coefficient (Wildman–Crippen LogP) is 2.25. The Morgan fingerprint density at radius 2 is 1.90 bits per heavy atom. The molecule has 0 unspecified atom stereocenters. The number of nitrogens with two attached hydrogens (primary N) is 1. The minimum atomic E-state index is -3.65. The molecule has 0 fully saturated rings. The van der Waals surface area contributed by atoms with E-state index in [-0.39, 0.29) is 4.90 Å². The van der Waals surface area contributed by atoms with Crippen LogP contribution in [0.1, 0.15) is 13.3 Å². The summed E-state index contributed by atoms with van der Waals surface area (Å²) in [6.07, 6.45) is 2.26. The van der Waals surface area contributed by atoms with E-state index in [9.17, 15) is 8.42 Å². The highest BCUT2D eigenvalue weighted by Crippen LogP contribution is 2.19. The second kappa shape index (κ2) is 6.45. The lowest BCUT2D eigenvalue weighted by Gasteiger charge is -2.09. The maximum Gasteiger partial charge on any atom is 0.261 e. The summed E-state index contributed by atoms with van der Waals surface area (Å²) >= 11 is 0. The Hall–Kier alpha value is -2.28. The molecule has 0 atom stereocenters. The van der Waals surface area contributed by atoms with Gasteiger partial charge in [0.2, 0.25) is 0 Å². The fourth-order valence-electron chi connectivity index (χ4n) is 1.61. The van der Waals surface area contributed by atoms with Crippen LogP contribution in [-0.2, 0) is 10.0 Å². The molecule has 21 heavy (non-hydrogen) atoms. The second-order valence-electron chi connectivity index (χ2n) is 4.40. The van der Waals surface area contributed by atoms with Gasteiger partial charge in [-0.25, -0.2) is 13.4 Å². The van der Waals surface area contributed by atoms with E-state index in [0.717, 1.165) is 6.42 Å². The normalized spacial score (nSPS) is 11.1. The third-order valence-electron chi connectivity index (χ3n) is 2.65. The molecule has 2 aromatic rings. The van der Waals surface area contributed by atoms with Crippen molar-refractivity contribution < 1.29 is 13.2 Å². The number of pyridine rings is 1. The number of hydrogen-bond donors (Lipinski definition) is 2. The highest BCUT2D eigenvalue weighted by atomic mass is 32.2. The first-order valence-corrected chi connectivity index (χ1v) is 7.97. The minimum absolute atomic E-state index is 0.156. The number of aromatic nitrogens is 1. The summed E-state index contributed by atoms with van der Waals surface area (Å²) < 4.78 is 32.3. The van der Waals surface area contributed by atoms with Crippen LogP contribution in [0.15, 0.2) is 47.5 Å². The van der Waals surface area contributed by atoms with Crippen molar-refractivity contribution in [2.45, 2.75) is 18.2 Å². The third kappa shape index (κ3) is 4.09. The zero-order valence-electron chi connectivity index (χ0n) is 11.6. The molecule has 112 valence electrons. The largest absolute Gasteiger partial charge is 0.494 e. The fourth-order valence-corrected chi connectivity index (χ4v) is 2.66. The van der Waals surface area contributed by atoms with E-state index in [1.54, 1.807) is 18.2 Å². The van der Waals surface area contributed by atoms with Crippen molar-refractivity contribution in [1.29, 1.82) is 0 Å². The van der Waals surface area contributed by atoms with Crippen molar-refractivity contribution in [2.75, 3.05) is 17.1 Å². The summed E-state index contributed by atoms with van der Waals surface area (Å²) in [6.45, 7) is 2.60. The predicted molar refractivity (Wildman–Crippen MR) is 81.7 cm³/mol. The Morgan fingerprint density at radius 1 is 1.19 bits per heavy atom. The molecule has 0 saturated heterocycles. The Kier molecular flexibility index (Phi) is 4.64. The van der Waals surface area contributed by atoms with Gasteiger partial charge in [-0.2, -0.15) is 0 Å². The summed E-state index contributed by atoms with van der Waals surface area (Å²) in [5.74, 6) is 0.973. The molecule has 0 saturated carbocycles. The fraction of sp³-hybridized carbons (Fsp3) is 0.214. The lowest BCUT2D eigenvalue weighted by atomic mass is 10.3. The molecular weight excluding hydrogens is 290 g/mol. The number of nitrogens with zero attached hydrogens (tertiary/aromatic N) is 1. The van der Waals surface area contributed by atoms with Crippen molar-refractivity contribution in [3.8, 4) is 5.75 Å². The van der Waals surface area contributed by atoms with E-state index < -0.39 is 10.0 Å². The van der Waals surface area contributed by atoms with E-state index in [4.69, 9.17) is 10.5 Å². The molecule has 0 bridgehead atoms. The van der Waals surface area contributed by atoms with E-state index in [2.05, 4.69) is 9.71 Å². The van der Waals surface area contributed by atoms with Crippen LogP contribution >= 0.6 is 0 Å². The molecule has 0 spiro atoms. The quantitative estimate of drug-likeness (QED) is 0.853. The summed E-state index contributed by atoms with van der Waals surface area (Å²) in [5, 5.41) is 0. The lowest BCUT2D eigenvalue weighted by molar-refractivity contribution is 0.317. The molecule has 6 nitrogen and oxygen atoms in total. The van der Waals surface area contributed by atoms with Gasteiger partial charge in [-0.3, -0.25) is 4.72 Å². The summed E-state index contributed by atoms with van der Waals surface area (Å²) in [4.78, 5) is 3.99. The van der Waals surface area contributed by atoms with E-state index >= 15 is 0 Å². The average Bonchev–Trinajstić information content (AvgIpc) is 2.48. The second-order valence-corrected chi connectivity index (χ2v) is 6.08. The molecule has 0 aliphatic carbocycles. The summed E-state index contributed by atoms with van der Waals surface area (Å²) in [7, 11) is -3.65. The maximum atomic E-state index is 12.2. The zero-order chi connectivity index (χ0) is 15.3. The molecular formula is C14H17N3O3S. The Morgan fingerprint density at radius 3 is 2.48 bits per heavy atom. The molecule has 0 aliphatic heterocycles. The number of nitrogen functional groups attached to an aromatic ring is 1. The topological polar surface area (TPSA) is 94.3 Å². The molecule has 0 aliphatic rings. The van der Waals surface area contributed by atoms with Crippen molar-refractivity contribution in [3.05, 3.63) is 42.6 Å². The molecule has 2 rings (SSSR count). The number of sulfonamides is 1. The van der Waals surface area contributed by atoms with Gasteiger partial charge in [0.15, 0.2) is 0 Å². The van der Waals surface area contributed by atoms with Gasteiger partial charge in [-0.15, -0.1) is 0 Å². The average molecular weight is 307 g/mol. The van der Waals surface area contributed by atoms with Gasteiger partial charge in [0.05, 0.1) is 23.4 Å². The standard InChI is InChI=1S/C14H17N3O3S/c1-2-9-20-12-4-6-13(7-5-12)21(18,19)17-11-3-8-14(15)16-10-11/h3-8,10,17H,2,9H2,1H3,(H2,15,16). The number of nitrogens with one attached hydrogen (secondary N) is 1. The van der Waals surface area contributed by atoms with Crippen LogP contribution in [0.4, 0.5) is 11.5 Å². The Bertz CT molecular complexity index is 682. The molecule has 1 aromatic heterocycles. The van der Waals surface area contributed by atoms with Crippen LogP contribution in [0.2, 0.25) is 0 Å². The maximum absolute atomic E-state index is 12.2. The highest BCUT2D eigenvalue weighted by Gasteiger charge is 2.14. The van der Waals surface area contributed by atoms with Crippen LogP contribution in [0.25, 0.3) is 0 Å².